The van der Waals surface area contributed by atoms with Gasteiger partial charge in [-0.25, -0.2) is 4.98 Å². The SMILES string of the molecule is Cc1nc(CNc2cccc(-n3cccc3)c2)cs1. The van der Waals surface area contributed by atoms with E-state index in [2.05, 4.69) is 44.5 Å². The fraction of sp³-hybridized carbons (Fsp3) is 0.133. The Balaban J connectivity index is 1.73. The molecule has 96 valence electrons. The van der Waals surface area contributed by atoms with Crippen LogP contribution in [0.3, 0.4) is 0 Å². The highest BCUT2D eigenvalue weighted by molar-refractivity contribution is 7.09. The van der Waals surface area contributed by atoms with E-state index in [1.165, 1.54) is 0 Å². The van der Waals surface area contributed by atoms with Crippen LogP contribution in [0.2, 0.25) is 0 Å². The van der Waals surface area contributed by atoms with Crippen LogP contribution in [-0.2, 0) is 6.54 Å². The van der Waals surface area contributed by atoms with Crippen molar-refractivity contribution in [3.63, 3.8) is 0 Å². The van der Waals surface area contributed by atoms with Crippen molar-refractivity contribution in [3.8, 4) is 5.69 Å². The van der Waals surface area contributed by atoms with Gasteiger partial charge in [-0.2, -0.15) is 0 Å². The average Bonchev–Trinajstić information content (AvgIpc) is 3.08. The van der Waals surface area contributed by atoms with Crippen LogP contribution in [0, 0.1) is 6.92 Å². The van der Waals surface area contributed by atoms with E-state index in [1.54, 1.807) is 11.3 Å². The number of aromatic nitrogens is 2. The number of nitrogens with one attached hydrogen (secondary N) is 1. The maximum absolute atomic E-state index is 4.45. The Labute approximate surface area is 116 Å². The molecule has 0 saturated heterocycles. The molecule has 3 aromatic rings. The monoisotopic (exact) mass is 269 g/mol. The summed E-state index contributed by atoms with van der Waals surface area (Å²) in [6.45, 7) is 2.79. The van der Waals surface area contributed by atoms with Crippen molar-refractivity contribution in [1.82, 2.24) is 9.55 Å². The second-order valence-electron chi connectivity index (χ2n) is 4.35. The third-order valence-electron chi connectivity index (χ3n) is 2.89. The van der Waals surface area contributed by atoms with Crippen LogP contribution in [0.15, 0.2) is 54.2 Å². The van der Waals surface area contributed by atoms with E-state index in [9.17, 15) is 0 Å². The molecule has 0 aliphatic heterocycles. The molecule has 0 radical (unpaired) electrons. The fourth-order valence-electron chi connectivity index (χ4n) is 1.97. The molecule has 0 aliphatic rings. The van der Waals surface area contributed by atoms with Crippen molar-refractivity contribution < 1.29 is 0 Å². The molecule has 0 unspecified atom stereocenters. The molecular formula is C15H15N3S. The summed E-state index contributed by atoms with van der Waals surface area (Å²) in [5, 5.41) is 6.61. The van der Waals surface area contributed by atoms with E-state index in [0.717, 1.165) is 28.6 Å². The first kappa shape index (κ1) is 12.0. The predicted molar refractivity (Wildman–Crippen MR) is 79.9 cm³/mol. The molecule has 0 amide bonds. The highest BCUT2D eigenvalue weighted by Crippen LogP contribution is 2.16. The summed E-state index contributed by atoms with van der Waals surface area (Å²) in [6, 6.07) is 12.4. The summed E-state index contributed by atoms with van der Waals surface area (Å²) in [5.74, 6) is 0. The summed E-state index contributed by atoms with van der Waals surface area (Å²) in [6.07, 6.45) is 4.09. The van der Waals surface area contributed by atoms with Crippen molar-refractivity contribution in [2.45, 2.75) is 13.5 Å². The van der Waals surface area contributed by atoms with Gasteiger partial charge in [-0.15, -0.1) is 11.3 Å². The molecule has 0 aliphatic carbocycles. The number of anilines is 1. The molecule has 0 fully saturated rings. The van der Waals surface area contributed by atoms with Crippen molar-refractivity contribution in [3.05, 3.63) is 64.9 Å². The summed E-state index contributed by atoms with van der Waals surface area (Å²) < 4.78 is 2.10. The molecule has 19 heavy (non-hydrogen) atoms. The van der Waals surface area contributed by atoms with Crippen molar-refractivity contribution >= 4 is 17.0 Å². The molecule has 0 atom stereocenters. The lowest BCUT2D eigenvalue weighted by molar-refractivity contribution is 1.05. The Kier molecular flexibility index (Phi) is 3.33. The minimum absolute atomic E-state index is 0.763. The number of thiazole rings is 1. The molecule has 2 aromatic heterocycles. The van der Waals surface area contributed by atoms with Gasteiger partial charge in [0.05, 0.1) is 17.2 Å². The maximum Gasteiger partial charge on any atom is 0.0898 e. The number of rotatable bonds is 4. The van der Waals surface area contributed by atoms with Crippen molar-refractivity contribution in [2.75, 3.05) is 5.32 Å². The van der Waals surface area contributed by atoms with E-state index >= 15 is 0 Å². The van der Waals surface area contributed by atoms with Gasteiger partial charge >= 0.3 is 0 Å². The summed E-state index contributed by atoms with van der Waals surface area (Å²) >= 11 is 1.69. The van der Waals surface area contributed by atoms with Gasteiger partial charge in [0.2, 0.25) is 0 Å². The first-order chi connectivity index (χ1) is 9.31. The lowest BCUT2D eigenvalue weighted by atomic mass is 10.2. The maximum atomic E-state index is 4.45. The van der Waals surface area contributed by atoms with Gasteiger partial charge in [0.25, 0.3) is 0 Å². The zero-order chi connectivity index (χ0) is 13.1. The molecule has 1 N–H and O–H groups in total. The number of nitrogens with zero attached hydrogens (tertiary/aromatic N) is 2. The Morgan fingerprint density at radius 2 is 2.05 bits per heavy atom. The molecule has 2 heterocycles. The van der Waals surface area contributed by atoms with E-state index in [-0.39, 0.29) is 0 Å². The summed E-state index contributed by atoms with van der Waals surface area (Å²) in [7, 11) is 0. The molecule has 0 bridgehead atoms. The van der Waals surface area contributed by atoms with Gasteiger partial charge in [0, 0.05) is 29.1 Å². The number of hydrogen-bond donors (Lipinski definition) is 1. The highest BCUT2D eigenvalue weighted by atomic mass is 32.1. The number of hydrogen-bond acceptors (Lipinski definition) is 3. The Bertz CT molecular complexity index is 656. The smallest absolute Gasteiger partial charge is 0.0898 e. The predicted octanol–water partition coefficient (Wildman–Crippen LogP) is 3.85. The van der Waals surface area contributed by atoms with Crippen LogP contribution in [-0.4, -0.2) is 9.55 Å². The number of benzene rings is 1. The third kappa shape index (κ3) is 2.85. The molecule has 0 saturated carbocycles. The first-order valence-corrected chi connectivity index (χ1v) is 7.07. The highest BCUT2D eigenvalue weighted by Gasteiger charge is 2.00. The normalized spacial score (nSPS) is 10.6. The van der Waals surface area contributed by atoms with E-state index in [0.29, 0.717) is 0 Å². The standard InChI is InChI=1S/C15H15N3S/c1-12-17-14(11-19-12)10-16-13-5-4-6-15(9-13)18-7-2-3-8-18/h2-9,11,16H,10H2,1H3. The molecule has 1 aromatic carbocycles. The Hall–Kier alpha value is -2.07. The number of aryl methyl sites for hydroxylation is 1. The first-order valence-electron chi connectivity index (χ1n) is 6.19. The molecular weight excluding hydrogens is 254 g/mol. The van der Waals surface area contributed by atoms with Crippen LogP contribution in [0.25, 0.3) is 5.69 Å². The van der Waals surface area contributed by atoms with Gasteiger partial charge < -0.3 is 9.88 Å². The Morgan fingerprint density at radius 3 is 2.79 bits per heavy atom. The Morgan fingerprint density at radius 1 is 1.21 bits per heavy atom. The van der Waals surface area contributed by atoms with Crippen LogP contribution in [0.1, 0.15) is 10.7 Å². The minimum atomic E-state index is 0.763. The van der Waals surface area contributed by atoms with Gasteiger partial charge in [0.1, 0.15) is 0 Å². The van der Waals surface area contributed by atoms with Crippen molar-refractivity contribution in [1.29, 1.82) is 0 Å². The summed E-state index contributed by atoms with van der Waals surface area (Å²) in [4.78, 5) is 4.45. The minimum Gasteiger partial charge on any atom is -0.379 e. The molecule has 4 heteroatoms. The molecule has 3 nitrogen and oxygen atoms in total. The van der Waals surface area contributed by atoms with Crippen LogP contribution in [0.5, 0.6) is 0 Å². The lowest BCUT2D eigenvalue weighted by Gasteiger charge is -2.08. The zero-order valence-electron chi connectivity index (χ0n) is 10.7. The molecule has 0 spiro atoms. The average molecular weight is 269 g/mol. The topological polar surface area (TPSA) is 29.9 Å². The van der Waals surface area contributed by atoms with Gasteiger partial charge in [-0.1, -0.05) is 6.07 Å². The zero-order valence-corrected chi connectivity index (χ0v) is 11.5. The largest absolute Gasteiger partial charge is 0.379 e. The van der Waals surface area contributed by atoms with Gasteiger partial charge in [-0.05, 0) is 37.3 Å². The second-order valence-corrected chi connectivity index (χ2v) is 5.41. The van der Waals surface area contributed by atoms with Crippen LogP contribution >= 0.6 is 11.3 Å². The molecule has 3 rings (SSSR count). The lowest BCUT2D eigenvalue weighted by Crippen LogP contribution is -2.00. The van der Waals surface area contributed by atoms with Crippen molar-refractivity contribution in [2.24, 2.45) is 0 Å². The van der Waals surface area contributed by atoms with Crippen LogP contribution in [0.4, 0.5) is 5.69 Å². The van der Waals surface area contributed by atoms with E-state index < -0.39 is 0 Å². The third-order valence-corrected chi connectivity index (χ3v) is 3.71. The summed E-state index contributed by atoms with van der Waals surface area (Å²) in [5.41, 5.74) is 3.36. The fourth-order valence-corrected chi connectivity index (χ4v) is 2.58. The van der Waals surface area contributed by atoms with E-state index in [4.69, 9.17) is 0 Å². The van der Waals surface area contributed by atoms with Gasteiger partial charge in [0.15, 0.2) is 0 Å². The quantitative estimate of drug-likeness (QED) is 0.779. The van der Waals surface area contributed by atoms with E-state index in [1.807, 2.05) is 31.5 Å². The van der Waals surface area contributed by atoms with Gasteiger partial charge in [-0.3, -0.25) is 0 Å². The second kappa shape index (κ2) is 5.28. The van der Waals surface area contributed by atoms with Crippen LogP contribution < -0.4 is 5.32 Å².